The first-order valence-corrected chi connectivity index (χ1v) is 15.9. The molecule has 0 aromatic carbocycles. The van der Waals surface area contributed by atoms with Crippen LogP contribution in [0.3, 0.4) is 0 Å². The van der Waals surface area contributed by atoms with Crippen LogP contribution >= 0.6 is 6.83 Å². The fourth-order valence-electron chi connectivity index (χ4n) is 4.28. The first-order valence-electron chi connectivity index (χ1n) is 12.7. The van der Waals surface area contributed by atoms with Crippen molar-refractivity contribution in [3.05, 3.63) is 0 Å². The summed E-state index contributed by atoms with van der Waals surface area (Å²) in [6, 6.07) is 0. The molecule has 166 valence electrons. The maximum absolute atomic E-state index is 6.93. The normalized spacial score (nSPS) is 13.6. The van der Waals surface area contributed by atoms with Crippen LogP contribution in [0.25, 0.3) is 0 Å². The Bertz CT molecular complexity index is 291. The van der Waals surface area contributed by atoms with Gasteiger partial charge in [-0.3, -0.25) is 0 Å². The standard InChI is InChI=1S/C25H55OP/c1-6-10-14-15-16-17-18-19-20-21-22-26-27(5,23-11-7-2,24-12-8-3)25-13-9-4/h6-25H2,1-5H3. The van der Waals surface area contributed by atoms with E-state index in [1.54, 1.807) is 0 Å². The molecule has 0 atom stereocenters. The van der Waals surface area contributed by atoms with Gasteiger partial charge in [-0.2, -0.15) is 0 Å². The molecule has 0 aliphatic carbocycles. The van der Waals surface area contributed by atoms with Gasteiger partial charge in [0.25, 0.3) is 0 Å². The number of hydrogen-bond donors (Lipinski definition) is 0. The average molecular weight is 403 g/mol. The zero-order valence-corrected chi connectivity index (χ0v) is 20.9. The van der Waals surface area contributed by atoms with Crippen LogP contribution in [-0.4, -0.2) is 31.8 Å². The Morgan fingerprint density at radius 2 is 0.778 bits per heavy atom. The Balaban J connectivity index is 4.19. The fourth-order valence-corrected chi connectivity index (χ4v) is 9.66. The molecule has 0 spiro atoms. The monoisotopic (exact) mass is 402 g/mol. The van der Waals surface area contributed by atoms with Gasteiger partial charge in [0.15, 0.2) is 0 Å². The molecule has 0 saturated carbocycles. The maximum atomic E-state index is 6.93. The van der Waals surface area contributed by atoms with Gasteiger partial charge >= 0.3 is 167 Å². The van der Waals surface area contributed by atoms with Crippen molar-refractivity contribution in [3.63, 3.8) is 0 Å². The Morgan fingerprint density at radius 1 is 0.444 bits per heavy atom. The van der Waals surface area contributed by atoms with Crippen molar-refractivity contribution < 1.29 is 4.52 Å². The van der Waals surface area contributed by atoms with E-state index in [0.29, 0.717) is 0 Å². The summed E-state index contributed by atoms with van der Waals surface area (Å²) in [4.78, 5) is 0. The summed E-state index contributed by atoms with van der Waals surface area (Å²) in [5.41, 5.74) is 0. The molecule has 0 aliphatic heterocycles. The van der Waals surface area contributed by atoms with Crippen molar-refractivity contribution in [1.82, 2.24) is 0 Å². The third-order valence-corrected chi connectivity index (χ3v) is 12.1. The van der Waals surface area contributed by atoms with Crippen LogP contribution in [0, 0.1) is 0 Å². The Hall–Kier alpha value is 0.390. The van der Waals surface area contributed by atoms with Crippen LogP contribution in [-0.2, 0) is 4.52 Å². The molecular weight excluding hydrogens is 347 g/mol. The van der Waals surface area contributed by atoms with Crippen molar-refractivity contribution in [2.75, 3.05) is 31.8 Å². The molecule has 0 bridgehead atoms. The van der Waals surface area contributed by atoms with Crippen molar-refractivity contribution in [1.29, 1.82) is 0 Å². The molecule has 27 heavy (non-hydrogen) atoms. The van der Waals surface area contributed by atoms with E-state index < -0.39 is 6.83 Å². The zero-order chi connectivity index (χ0) is 20.3. The van der Waals surface area contributed by atoms with Gasteiger partial charge in [0.1, 0.15) is 0 Å². The summed E-state index contributed by atoms with van der Waals surface area (Å²) in [6.07, 6.45) is 26.2. The summed E-state index contributed by atoms with van der Waals surface area (Å²) in [5, 5.41) is 0. The van der Waals surface area contributed by atoms with Crippen molar-refractivity contribution in [3.8, 4) is 0 Å². The van der Waals surface area contributed by atoms with Crippen LogP contribution in [0.2, 0.25) is 0 Å². The molecule has 2 heteroatoms. The number of rotatable bonds is 21. The van der Waals surface area contributed by atoms with Gasteiger partial charge in [-0.15, -0.1) is 0 Å². The molecule has 0 aromatic heterocycles. The minimum absolute atomic E-state index is 1.03. The van der Waals surface area contributed by atoms with E-state index in [9.17, 15) is 0 Å². The summed E-state index contributed by atoms with van der Waals surface area (Å²) in [7, 11) is 0. The van der Waals surface area contributed by atoms with Crippen LogP contribution in [0.4, 0.5) is 0 Å². The first kappa shape index (κ1) is 27.4. The predicted molar refractivity (Wildman–Crippen MR) is 130 cm³/mol. The molecule has 0 radical (unpaired) electrons. The number of hydrogen-bond acceptors (Lipinski definition) is 1. The van der Waals surface area contributed by atoms with Crippen LogP contribution in [0.1, 0.15) is 130 Å². The fraction of sp³-hybridized carbons (Fsp3) is 1.00. The molecule has 0 unspecified atom stereocenters. The second-order valence-electron chi connectivity index (χ2n) is 9.44. The second-order valence-corrected chi connectivity index (χ2v) is 15.4. The summed E-state index contributed by atoms with van der Waals surface area (Å²) >= 11 is 0. The third kappa shape index (κ3) is 14.1. The quantitative estimate of drug-likeness (QED) is 0.137. The zero-order valence-electron chi connectivity index (χ0n) is 20.0. The Labute approximate surface area is 173 Å². The summed E-state index contributed by atoms with van der Waals surface area (Å²) < 4.78 is 6.93. The number of unbranched alkanes of at least 4 members (excludes halogenated alkanes) is 12. The van der Waals surface area contributed by atoms with Crippen molar-refractivity contribution >= 4 is 6.83 Å². The Kier molecular flexibility index (Phi) is 17.5. The van der Waals surface area contributed by atoms with Gasteiger partial charge in [0, 0.05) is 0 Å². The molecule has 0 saturated heterocycles. The minimum atomic E-state index is -1.94. The van der Waals surface area contributed by atoms with Gasteiger partial charge in [-0.05, 0) is 0 Å². The van der Waals surface area contributed by atoms with Crippen molar-refractivity contribution in [2.45, 2.75) is 130 Å². The summed E-state index contributed by atoms with van der Waals surface area (Å²) in [5.74, 6) is 0. The second kappa shape index (κ2) is 17.3. The molecule has 0 aromatic rings. The van der Waals surface area contributed by atoms with Crippen LogP contribution in [0.5, 0.6) is 0 Å². The van der Waals surface area contributed by atoms with E-state index in [1.165, 1.54) is 121 Å². The van der Waals surface area contributed by atoms with E-state index in [2.05, 4.69) is 34.4 Å². The van der Waals surface area contributed by atoms with Gasteiger partial charge in [-0.25, -0.2) is 0 Å². The van der Waals surface area contributed by atoms with E-state index in [-0.39, 0.29) is 0 Å². The first-order chi connectivity index (χ1) is 13.0. The molecule has 1 nitrogen and oxygen atoms in total. The molecule has 0 fully saturated rings. The predicted octanol–water partition coefficient (Wildman–Crippen LogP) is 9.42. The van der Waals surface area contributed by atoms with Crippen LogP contribution in [0.15, 0.2) is 0 Å². The molecule has 0 rings (SSSR count). The van der Waals surface area contributed by atoms with Gasteiger partial charge in [0.2, 0.25) is 0 Å². The average Bonchev–Trinajstić information content (AvgIpc) is 2.68. The Morgan fingerprint density at radius 3 is 1.15 bits per heavy atom. The van der Waals surface area contributed by atoms with E-state index >= 15 is 0 Å². The van der Waals surface area contributed by atoms with E-state index in [0.717, 1.165) is 6.61 Å². The molecular formula is C25H55OP. The van der Waals surface area contributed by atoms with Crippen molar-refractivity contribution in [2.24, 2.45) is 0 Å². The third-order valence-electron chi connectivity index (χ3n) is 6.42. The SMILES string of the molecule is CCCCCCCCCCCCOP(C)(CCCC)(CCCC)CCCC. The molecule has 0 aliphatic rings. The summed E-state index contributed by atoms with van der Waals surface area (Å²) in [6.45, 7) is 11.0. The van der Waals surface area contributed by atoms with Gasteiger partial charge < -0.3 is 0 Å². The van der Waals surface area contributed by atoms with Gasteiger partial charge in [0.05, 0.1) is 0 Å². The van der Waals surface area contributed by atoms with Crippen LogP contribution < -0.4 is 0 Å². The molecule has 0 N–H and O–H groups in total. The molecule has 0 heterocycles. The topological polar surface area (TPSA) is 9.23 Å². The van der Waals surface area contributed by atoms with E-state index in [1.807, 2.05) is 0 Å². The van der Waals surface area contributed by atoms with E-state index in [4.69, 9.17) is 4.52 Å². The van der Waals surface area contributed by atoms with Gasteiger partial charge in [-0.1, -0.05) is 6.92 Å². The molecule has 0 amide bonds.